The highest BCUT2D eigenvalue weighted by molar-refractivity contribution is 5.97. The Hall–Kier alpha value is -1.03. The number of hydrogen-bond donors (Lipinski definition) is 1. The Balaban J connectivity index is 3.71. The van der Waals surface area contributed by atoms with Crippen molar-refractivity contribution in [3.63, 3.8) is 0 Å². The van der Waals surface area contributed by atoms with E-state index in [0.29, 0.717) is 12.1 Å². The van der Waals surface area contributed by atoms with Gasteiger partial charge in [0, 0.05) is 5.71 Å². The molecule has 0 bridgehead atoms. The molecule has 0 aliphatic carbocycles. The molecule has 1 nitrogen and oxygen atoms in total. The number of rotatable bonds is 2. The van der Waals surface area contributed by atoms with Crippen LogP contribution >= 0.6 is 0 Å². The van der Waals surface area contributed by atoms with Crippen molar-refractivity contribution < 1.29 is 0 Å². The van der Waals surface area contributed by atoms with Crippen LogP contribution in [-0.2, 0) is 0 Å². The van der Waals surface area contributed by atoms with Gasteiger partial charge in [-0.05, 0) is 12.5 Å². The van der Waals surface area contributed by atoms with E-state index in [0.717, 1.165) is 5.57 Å². The second-order valence-electron chi connectivity index (χ2n) is 1.64. The van der Waals surface area contributed by atoms with E-state index in [-0.39, 0.29) is 0 Å². The molecule has 0 atom stereocenters. The van der Waals surface area contributed by atoms with E-state index < -0.39 is 0 Å². The highest BCUT2D eigenvalue weighted by Gasteiger charge is 1.90. The van der Waals surface area contributed by atoms with Crippen LogP contribution in [-0.4, -0.2) is 5.71 Å². The van der Waals surface area contributed by atoms with Gasteiger partial charge in [-0.1, -0.05) is 6.58 Å². The summed E-state index contributed by atoms with van der Waals surface area (Å²) in [6.07, 6.45) is 5.33. The minimum Gasteiger partial charge on any atom is -0.304 e. The largest absolute Gasteiger partial charge is 0.304 e. The molecule has 42 valence electrons. The van der Waals surface area contributed by atoms with Gasteiger partial charge in [-0.25, -0.2) is 0 Å². The standard InChI is InChI=1S/C7H9N/c1-4-5-7(8)6(2)3/h1,8H,2,5H2,3H3. The molecule has 0 rings (SSSR count). The molecule has 1 N–H and O–H groups in total. The summed E-state index contributed by atoms with van der Waals surface area (Å²) in [6.45, 7) is 5.33. The zero-order chi connectivity index (χ0) is 6.57. The Morgan fingerprint density at radius 3 is 2.50 bits per heavy atom. The lowest BCUT2D eigenvalue weighted by Crippen LogP contribution is -1.93. The van der Waals surface area contributed by atoms with Gasteiger partial charge in [0.15, 0.2) is 0 Å². The number of hydrogen-bond acceptors (Lipinski definition) is 1. The second-order valence-corrected chi connectivity index (χ2v) is 1.64. The normalized spacial score (nSPS) is 7.50. The van der Waals surface area contributed by atoms with E-state index in [2.05, 4.69) is 12.5 Å². The lowest BCUT2D eigenvalue weighted by molar-refractivity contribution is 1.37. The minimum absolute atomic E-state index is 0.398. The fourth-order valence-electron chi connectivity index (χ4n) is 0.253. The maximum atomic E-state index is 7.10. The Kier molecular flexibility index (Phi) is 2.64. The lowest BCUT2D eigenvalue weighted by atomic mass is 10.1. The summed E-state index contributed by atoms with van der Waals surface area (Å²) in [5.41, 5.74) is 1.20. The van der Waals surface area contributed by atoms with Crippen molar-refractivity contribution in [3.8, 4) is 12.3 Å². The van der Waals surface area contributed by atoms with Crippen LogP contribution in [0.1, 0.15) is 13.3 Å². The van der Waals surface area contributed by atoms with Gasteiger partial charge in [0.05, 0.1) is 6.42 Å². The summed E-state index contributed by atoms with van der Waals surface area (Å²) in [6, 6.07) is 0. The molecule has 0 saturated heterocycles. The van der Waals surface area contributed by atoms with Gasteiger partial charge in [-0.3, -0.25) is 0 Å². The van der Waals surface area contributed by atoms with E-state index in [4.69, 9.17) is 11.8 Å². The van der Waals surface area contributed by atoms with Gasteiger partial charge >= 0.3 is 0 Å². The van der Waals surface area contributed by atoms with Crippen molar-refractivity contribution in [2.24, 2.45) is 0 Å². The van der Waals surface area contributed by atoms with Crippen LogP contribution in [0.3, 0.4) is 0 Å². The molecule has 0 aliphatic rings. The molecule has 0 amide bonds. The molecule has 0 unspecified atom stereocenters. The van der Waals surface area contributed by atoms with Crippen molar-refractivity contribution >= 4 is 5.71 Å². The third kappa shape index (κ3) is 2.20. The predicted octanol–water partition coefficient (Wildman–Crippen LogP) is 1.61. The number of nitrogens with one attached hydrogen (secondary N) is 1. The van der Waals surface area contributed by atoms with Gasteiger partial charge < -0.3 is 5.41 Å². The van der Waals surface area contributed by atoms with Crippen molar-refractivity contribution in [2.45, 2.75) is 13.3 Å². The van der Waals surface area contributed by atoms with Crippen LogP contribution in [0.25, 0.3) is 0 Å². The summed E-state index contributed by atoms with van der Waals surface area (Å²) in [7, 11) is 0. The molecule has 8 heavy (non-hydrogen) atoms. The summed E-state index contributed by atoms with van der Waals surface area (Å²) in [5, 5.41) is 7.10. The zero-order valence-electron chi connectivity index (χ0n) is 4.99. The molecule has 0 heterocycles. The van der Waals surface area contributed by atoms with E-state index in [9.17, 15) is 0 Å². The monoisotopic (exact) mass is 107 g/mol. The summed E-state index contributed by atoms with van der Waals surface area (Å²) >= 11 is 0. The first-order valence-electron chi connectivity index (χ1n) is 2.35. The summed E-state index contributed by atoms with van der Waals surface area (Å²) in [5.74, 6) is 2.36. The molecular formula is C7H9N. The lowest BCUT2D eigenvalue weighted by Gasteiger charge is -1.92. The maximum Gasteiger partial charge on any atom is 0.0506 e. The Morgan fingerprint density at radius 1 is 1.88 bits per heavy atom. The van der Waals surface area contributed by atoms with E-state index >= 15 is 0 Å². The maximum absolute atomic E-state index is 7.10. The van der Waals surface area contributed by atoms with Crippen molar-refractivity contribution in [2.75, 3.05) is 0 Å². The van der Waals surface area contributed by atoms with Crippen LogP contribution in [0.2, 0.25) is 0 Å². The van der Waals surface area contributed by atoms with Gasteiger partial charge in [-0.15, -0.1) is 12.3 Å². The smallest absolute Gasteiger partial charge is 0.0506 e. The van der Waals surface area contributed by atoms with Crippen LogP contribution in [0.15, 0.2) is 12.2 Å². The zero-order valence-corrected chi connectivity index (χ0v) is 4.99. The van der Waals surface area contributed by atoms with Crippen LogP contribution in [0, 0.1) is 17.8 Å². The average Bonchev–Trinajstić information content (AvgIpc) is 1.67. The molecule has 1 heteroatoms. The van der Waals surface area contributed by atoms with Crippen LogP contribution in [0.4, 0.5) is 0 Å². The highest BCUT2D eigenvalue weighted by Crippen LogP contribution is 1.92. The van der Waals surface area contributed by atoms with Crippen molar-refractivity contribution in [1.29, 1.82) is 5.41 Å². The molecule has 0 radical (unpaired) electrons. The SMILES string of the molecule is C#CCC(=N)C(=C)C. The number of allylic oxidation sites excluding steroid dienone is 1. The molecule has 0 fully saturated rings. The first-order chi connectivity index (χ1) is 3.68. The fraction of sp³-hybridized carbons (Fsp3) is 0.286. The predicted molar refractivity (Wildman–Crippen MR) is 36.0 cm³/mol. The van der Waals surface area contributed by atoms with Gasteiger partial charge in [-0.2, -0.15) is 0 Å². The second kappa shape index (κ2) is 3.04. The molecular weight excluding hydrogens is 98.1 g/mol. The molecule has 0 aliphatic heterocycles. The molecule has 0 saturated carbocycles. The Bertz CT molecular complexity index is 148. The van der Waals surface area contributed by atoms with Gasteiger partial charge in [0.25, 0.3) is 0 Å². The average molecular weight is 107 g/mol. The molecule has 0 aromatic heterocycles. The molecule has 0 spiro atoms. The fourth-order valence-corrected chi connectivity index (χ4v) is 0.253. The summed E-state index contributed by atoms with van der Waals surface area (Å²) in [4.78, 5) is 0. The third-order valence-corrected chi connectivity index (χ3v) is 0.794. The van der Waals surface area contributed by atoms with Crippen LogP contribution in [0.5, 0.6) is 0 Å². The third-order valence-electron chi connectivity index (χ3n) is 0.794. The number of terminal acetylenes is 1. The highest BCUT2D eigenvalue weighted by atomic mass is 14.4. The first kappa shape index (κ1) is 6.97. The summed E-state index contributed by atoms with van der Waals surface area (Å²) < 4.78 is 0. The first-order valence-corrected chi connectivity index (χ1v) is 2.35. The molecule has 0 aromatic carbocycles. The minimum atomic E-state index is 0.398. The topological polar surface area (TPSA) is 23.9 Å². The Labute approximate surface area is 49.9 Å². The van der Waals surface area contributed by atoms with E-state index in [1.54, 1.807) is 6.92 Å². The van der Waals surface area contributed by atoms with Crippen molar-refractivity contribution in [1.82, 2.24) is 0 Å². The van der Waals surface area contributed by atoms with Crippen LogP contribution < -0.4 is 0 Å². The van der Waals surface area contributed by atoms with E-state index in [1.165, 1.54) is 0 Å². The van der Waals surface area contributed by atoms with E-state index in [1.807, 2.05) is 0 Å². The Morgan fingerprint density at radius 2 is 2.38 bits per heavy atom. The quantitative estimate of drug-likeness (QED) is 0.409. The molecule has 0 aromatic rings. The van der Waals surface area contributed by atoms with Gasteiger partial charge in [0.1, 0.15) is 0 Å². The van der Waals surface area contributed by atoms with Gasteiger partial charge in [0.2, 0.25) is 0 Å². The van der Waals surface area contributed by atoms with Crippen molar-refractivity contribution in [3.05, 3.63) is 12.2 Å².